The normalized spacial score (nSPS) is 12.8. The monoisotopic (exact) mass is 258 g/mol. The molecule has 0 bridgehead atoms. The van der Waals surface area contributed by atoms with E-state index in [0.29, 0.717) is 6.54 Å². The maximum absolute atomic E-state index is 5.99. The van der Waals surface area contributed by atoms with Gasteiger partial charge in [0.15, 0.2) is 0 Å². The highest BCUT2D eigenvalue weighted by atomic mass is 16.3. The fourth-order valence-corrected chi connectivity index (χ4v) is 2.51. The summed E-state index contributed by atoms with van der Waals surface area (Å²) in [6.07, 6.45) is 4.53. The molecule has 102 valence electrons. The zero-order valence-electron chi connectivity index (χ0n) is 11.7. The van der Waals surface area contributed by atoms with E-state index < -0.39 is 0 Å². The van der Waals surface area contributed by atoms with Gasteiger partial charge in [-0.25, -0.2) is 0 Å². The smallest absolute Gasteiger partial charge is 0.0947 e. The highest BCUT2D eigenvalue weighted by molar-refractivity contribution is 5.30. The third-order valence-corrected chi connectivity index (χ3v) is 3.56. The minimum atomic E-state index is 0.242. The summed E-state index contributed by atoms with van der Waals surface area (Å²) in [7, 11) is 2.11. The number of furan rings is 1. The Morgan fingerprint density at radius 2 is 2.05 bits per heavy atom. The van der Waals surface area contributed by atoms with Gasteiger partial charge in [-0.15, -0.1) is 0 Å². The molecule has 19 heavy (non-hydrogen) atoms. The largest absolute Gasteiger partial charge is 0.472 e. The van der Waals surface area contributed by atoms with Crippen molar-refractivity contribution >= 4 is 0 Å². The molecule has 0 amide bonds. The number of hydrogen-bond acceptors (Lipinski definition) is 3. The molecule has 0 saturated carbocycles. The molecule has 2 rings (SSSR count). The van der Waals surface area contributed by atoms with Gasteiger partial charge in [-0.1, -0.05) is 31.2 Å². The summed E-state index contributed by atoms with van der Waals surface area (Å²) in [5.74, 6) is 0. The molecule has 0 spiro atoms. The molecule has 1 aromatic carbocycles. The van der Waals surface area contributed by atoms with E-state index in [0.717, 1.165) is 13.0 Å². The minimum absolute atomic E-state index is 0.242. The number of hydrogen-bond donors (Lipinski definition) is 1. The van der Waals surface area contributed by atoms with Crippen LogP contribution in [0.3, 0.4) is 0 Å². The number of benzene rings is 1. The Kier molecular flexibility index (Phi) is 4.77. The molecule has 2 aromatic rings. The summed E-state index contributed by atoms with van der Waals surface area (Å²) in [6.45, 7) is 3.64. The van der Waals surface area contributed by atoms with Crippen LogP contribution >= 0.6 is 0 Å². The third kappa shape index (κ3) is 3.25. The summed E-state index contributed by atoms with van der Waals surface area (Å²) in [5, 5.41) is 0. The lowest BCUT2D eigenvalue weighted by atomic mass is 9.97. The Balaban J connectivity index is 2.18. The number of nitrogens with zero attached hydrogens (tertiary/aromatic N) is 1. The SMILES string of the molecule is CCc1ccccc1C(CN)N(C)Cc1ccoc1. The Morgan fingerprint density at radius 1 is 1.26 bits per heavy atom. The minimum Gasteiger partial charge on any atom is -0.472 e. The Labute approximate surface area is 115 Å². The summed E-state index contributed by atoms with van der Waals surface area (Å²) >= 11 is 0. The molecule has 0 aliphatic heterocycles. The zero-order chi connectivity index (χ0) is 13.7. The Hall–Kier alpha value is -1.58. The first kappa shape index (κ1) is 13.8. The molecule has 3 heteroatoms. The van der Waals surface area contributed by atoms with E-state index in [2.05, 4.69) is 43.1 Å². The maximum atomic E-state index is 5.99. The van der Waals surface area contributed by atoms with Gasteiger partial charge < -0.3 is 10.2 Å². The molecular formula is C16H22N2O. The Morgan fingerprint density at radius 3 is 2.68 bits per heavy atom. The van der Waals surface area contributed by atoms with Crippen molar-refractivity contribution in [3.8, 4) is 0 Å². The van der Waals surface area contributed by atoms with Crippen molar-refractivity contribution in [2.75, 3.05) is 13.6 Å². The first-order valence-corrected chi connectivity index (χ1v) is 6.75. The standard InChI is InChI=1S/C16H22N2O/c1-3-14-6-4-5-7-15(14)16(10-17)18(2)11-13-8-9-19-12-13/h4-9,12,16H,3,10-11,17H2,1-2H3. The number of aryl methyl sites for hydroxylation is 1. The van der Waals surface area contributed by atoms with Crippen LogP contribution in [0.25, 0.3) is 0 Å². The van der Waals surface area contributed by atoms with Crippen molar-refractivity contribution in [2.24, 2.45) is 5.73 Å². The van der Waals surface area contributed by atoms with Crippen LogP contribution in [0.15, 0.2) is 47.3 Å². The molecule has 1 atom stereocenters. The molecule has 0 fully saturated rings. The number of nitrogens with two attached hydrogens (primary N) is 1. The summed E-state index contributed by atoms with van der Waals surface area (Å²) < 4.78 is 5.12. The van der Waals surface area contributed by atoms with Gasteiger partial charge in [0.05, 0.1) is 12.5 Å². The van der Waals surface area contributed by atoms with Gasteiger partial charge in [-0.3, -0.25) is 4.90 Å². The van der Waals surface area contributed by atoms with Gasteiger partial charge in [0.1, 0.15) is 0 Å². The second kappa shape index (κ2) is 6.55. The van der Waals surface area contributed by atoms with E-state index in [9.17, 15) is 0 Å². The first-order valence-electron chi connectivity index (χ1n) is 6.75. The predicted octanol–water partition coefficient (Wildman–Crippen LogP) is 2.97. The highest BCUT2D eigenvalue weighted by Gasteiger charge is 2.18. The van der Waals surface area contributed by atoms with Crippen LogP contribution in [-0.4, -0.2) is 18.5 Å². The lowest BCUT2D eigenvalue weighted by Crippen LogP contribution is -2.30. The van der Waals surface area contributed by atoms with Crippen molar-refractivity contribution in [1.29, 1.82) is 0 Å². The van der Waals surface area contributed by atoms with E-state index in [1.54, 1.807) is 12.5 Å². The third-order valence-electron chi connectivity index (χ3n) is 3.56. The van der Waals surface area contributed by atoms with Gasteiger partial charge >= 0.3 is 0 Å². The molecule has 1 aromatic heterocycles. The average molecular weight is 258 g/mol. The summed E-state index contributed by atoms with van der Waals surface area (Å²) in [4.78, 5) is 2.28. The van der Waals surface area contributed by atoms with Gasteiger partial charge in [-0.05, 0) is 30.7 Å². The molecule has 1 heterocycles. The number of likely N-dealkylation sites (N-methyl/N-ethyl adjacent to an activating group) is 1. The van der Waals surface area contributed by atoms with Gasteiger partial charge in [0.25, 0.3) is 0 Å². The van der Waals surface area contributed by atoms with Crippen LogP contribution in [-0.2, 0) is 13.0 Å². The molecule has 0 aliphatic rings. The zero-order valence-corrected chi connectivity index (χ0v) is 11.7. The van der Waals surface area contributed by atoms with Crippen molar-refractivity contribution in [3.63, 3.8) is 0 Å². The molecule has 0 saturated heterocycles. The van der Waals surface area contributed by atoms with E-state index in [1.807, 2.05) is 6.07 Å². The molecule has 0 aliphatic carbocycles. The Bertz CT molecular complexity index is 493. The predicted molar refractivity (Wildman–Crippen MR) is 77.8 cm³/mol. The average Bonchev–Trinajstić information content (AvgIpc) is 2.93. The van der Waals surface area contributed by atoms with E-state index in [-0.39, 0.29) is 6.04 Å². The van der Waals surface area contributed by atoms with Crippen LogP contribution in [0, 0.1) is 0 Å². The summed E-state index contributed by atoms with van der Waals surface area (Å²) in [5.41, 5.74) is 9.87. The van der Waals surface area contributed by atoms with E-state index in [4.69, 9.17) is 10.2 Å². The van der Waals surface area contributed by atoms with Crippen LogP contribution < -0.4 is 5.73 Å². The fourth-order valence-electron chi connectivity index (χ4n) is 2.51. The second-order valence-corrected chi connectivity index (χ2v) is 4.85. The first-order chi connectivity index (χ1) is 9.26. The van der Waals surface area contributed by atoms with Crippen LogP contribution in [0.1, 0.15) is 29.7 Å². The van der Waals surface area contributed by atoms with Gasteiger partial charge in [0, 0.05) is 24.7 Å². The maximum Gasteiger partial charge on any atom is 0.0947 e. The van der Waals surface area contributed by atoms with Crippen LogP contribution in [0.4, 0.5) is 0 Å². The van der Waals surface area contributed by atoms with E-state index >= 15 is 0 Å². The molecular weight excluding hydrogens is 236 g/mol. The molecule has 1 unspecified atom stereocenters. The molecule has 0 radical (unpaired) electrons. The van der Waals surface area contributed by atoms with Crippen LogP contribution in [0.2, 0.25) is 0 Å². The fraction of sp³-hybridized carbons (Fsp3) is 0.375. The molecule has 2 N–H and O–H groups in total. The number of rotatable bonds is 6. The molecule has 3 nitrogen and oxygen atoms in total. The lowest BCUT2D eigenvalue weighted by Gasteiger charge is -2.28. The van der Waals surface area contributed by atoms with Crippen molar-refractivity contribution in [1.82, 2.24) is 4.90 Å². The van der Waals surface area contributed by atoms with Gasteiger partial charge in [0.2, 0.25) is 0 Å². The van der Waals surface area contributed by atoms with E-state index in [1.165, 1.54) is 16.7 Å². The second-order valence-electron chi connectivity index (χ2n) is 4.85. The van der Waals surface area contributed by atoms with Gasteiger partial charge in [-0.2, -0.15) is 0 Å². The lowest BCUT2D eigenvalue weighted by molar-refractivity contribution is 0.240. The van der Waals surface area contributed by atoms with Crippen LogP contribution in [0.5, 0.6) is 0 Å². The van der Waals surface area contributed by atoms with Crippen molar-refractivity contribution < 1.29 is 4.42 Å². The quantitative estimate of drug-likeness (QED) is 0.866. The van der Waals surface area contributed by atoms with Crippen molar-refractivity contribution in [3.05, 3.63) is 59.5 Å². The van der Waals surface area contributed by atoms with Crippen molar-refractivity contribution in [2.45, 2.75) is 25.9 Å². The summed E-state index contributed by atoms with van der Waals surface area (Å²) in [6, 6.07) is 10.8. The topological polar surface area (TPSA) is 42.4 Å². The highest BCUT2D eigenvalue weighted by Crippen LogP contribution is 2.24.